The summed E-state index contributed by atoms with van der Waals surface area (Å²) in [5.41, 5.74) is 1.42. The average molecular weight is 178 g/mol. The SMILES string of the molecule is C=N/C=C\C=C(/C)[C@@H]1CCCN1C. The molecule has 13 heavy (non-hydrogen) atoms. The molecular weight excluding hydrogens is 160 g/mol. The fourth-order valence-electron chi connectivity index (χ4n) is 1.85. The topological polar surface area (TPSA) is 15.6 Å². The Balaban J connectivity index is 2.54. The maximum atomic E-state index is 3.66. The van der Waals surface area contributed by atoms with Gasteiger partial charge in [0.25, 0.3) is 0 Å². The molecule has 0 N–H and O–H groups in total. The highest BCUT2D eigenvalue weighted by Gasteiger charge is 2.21. The molecule has 1 heterocycles. The second-order valence-corrected chi connectivity index (χ2v) is 3.57. The van der Waals surface area contributed by atoms with Crippen molar-refractivity contribution >= 4 is 6.72 Å². The van der Waals surface area contributed by atoms with Crippen molar-refractivity contribution in [3.05, 3.63) is 23.9 Å². The summed E-state index contributed by atoms with van der Waals surface area (Å²) in [5.74, 6) is 0. The molecule has 1 fully saturated rings. The van der Waals surface area contributed by atoms with Gasteiger partial charge in [0, 0.05) is 12.2 Å². The molecule has 0 saturated carbocycles. The van der Waals surface area contributed by atoms with Crippen LogP contribution in [0.4, 0.5) is 0 Å². The maximum Gasteiger partial charge on any atom is 0.0305 e. The van der Waals surface area contributed by atoms with E-state index in [0.29, 0.717) is 6.04 Å². The van der Waals surface area contributed by atoms with Crippen molar-refractivity contribution in [2.24, 2.45) is 4.99 Å². The number of hydrogen-bond donors (Lipinski definition) is 0. The first-order valence-corrected chi connectivity index (χ1v) is 4.75. The molecule has 0 aromatic heterocycles. The monoisotopic (exact) mass is 178 g/mol. The lowest BCUT2D eigenvalue weighted by Gasteiger charge is -2.19. The molecule has 1 aliphatic heterocycles. The van der Waals surface area contributed by atoms with Gasteiger partial charge in [-0.15, -0.1) is 0 Å². The number of nitrogens with zero attached hydrogens (tertiary/aromatic N) is 2. The van der Waals surface area contributed by atoms with Crippen LogP contribution in [-0.4, -0.2) is 31.3 Å². The first-order valence-electron chi connectivity index (χ1n) is 4.75. The van der Waals surface area contributed by atoms with E-state index >= 15 is 0 Å². The molecule has 0 aromatic carbocycles. The molecule has 0 aliphatic carbocycles. The summed E-state index contributed by atoms with van der Waals surface area (Å²) >= 11 is 0. The Hall–Kier alpha value is -0.890. The number of likely N-dealkylation sites (tertiary alicyclic amines) is 1. The maximum absolute atomic E-state index is 3.66. The third kappa shape index (κ3) is 2.81. The molecule has 1 aliphatic rings. The minimum absolute atomic E-state index is 0.634. The highest BCUT2D eigenvalue weighted by Crippen LogP contribution is 2.21. The van der Waals surface area contributed by atoms with E-state index in [4.69, 9.17) is 0 Å². The van der Waals surface area contributed by atoms with Gasteiger partial charge in [0.05, 0.1) is 0 Å². The van der Waals surface area contributed by atoms with Gasteiger partial charge in [-0.05, 0) is 46.2 Å². The van der Waals surface area contributed by atoms with Crippen LogP contribution in [0.1, 0.15) is 19.8 Å². The lowest BCUT2D eigenvalue weighted by molar-refractivity contribution is 0.345. The largest absolute Gasteiger partial charge is 0.300 e. The van der Waals surface area contributed by atoms with Gasteiger partial charge in [-0.1, -0.05) is 11.6 Å². The fraction of sp³-hybridized carbons (Fsp3) is 0.545. The summed E-state index contributed by atoms with van der Waals surface area (Å²) in [5, 5.41) is 0. The first kappa shape index (κ1) is 10.2. The quantitative estimate of drug-likeness (QED) is 0.478. The van der Waals surface area contributed by atoms with Gasteiger partial charge in [-0.25, -0.2) is 0 Å². The van der Waals surface area contributed by atoms with E-state index in [1.54, 1.807) is 6.20 Å². The summed E-state index contributed by atoms with van der Waals surface area (Å²) in [6.07, 6.45) is 8.40. The molecule has 0 bridgehead atoms. The molecule has 2 heteroatoms. The van der Waals surface area contributed by atoms with Gasteiger partial charge in [0.15, 0.2) is 0 Å². The van der Waals surface area contributed by atoms with Crippen molar-refractivity contribution in [3.8, 4) is 0 Å². The van der Waals surface area contributed by atoms with Gasteiger partial charge < -0.3 is 0 Å². The molecule has 1 saturated heterocycles. The summed E-state index contributed by atoms with van der Waals surface area (Å²) in [6, 6.07) is 0.634. The van der Waals surface area contributed by atoms with Gasteiger partial charge in [0.1, 0.15) is 0 Å². The predicted octanol–water partition coefficient (Wildman–Crippen LogP) is 2.24. The molecule has 0 spiro atoms. The fourth-order valence-corrected chi connectivity index (χ4v) is 1.85. The molecule has 1 atom stereocenters. The number of hydrogen-bond acceptors (Lipinski definition) is 2. The van der Waals surface area contributed by atoms with Crippen molar-refractivity contribution in [2.75, 3.05) is 13.6 Å². The van der Waals surface area contributed by atoms with E-state index in [0.717, 1.165) is 0 Å². The van der Waals surface area contributed by atoms with E-state index in [2.05, 4.69) is 36.7 Å². The number of likely N-dealkylation sites (N-methyl/N-ethyl adjacent to an activating group) is 1. The highest BCUT2D eigenvalue weighted by molar-refractivity contribution is 5.26. The summed E-state index contributed by atoms with van der Waals surface area (Å²) in [6.45, 7) is 6.80. The molecule has 1 rings (SSSR count). The van der Waals surface area contributed by atoms with Crippen LogP contribution in [0.15, 0.2) is 28.9 Å². The Morgan fingerprint density at radius 3 is 2.92 bits per heavy atom. The smallest absolute Gasteiger partial charge is 0.0305 e. The third-order valence-corrected chi connectivity index (χ3v) is 2.60. The van der Waals surface area contributed by atoms with E-state index in [1.165, 1.54) is 25.0 Å². The Labute approximate surface area is 80.7 Å². The van der Waals surface area contributed by atoms with E-state index in [9.17, 15) is 0 Å². The minimum atomic E-state index is 0.634. The zero-order valence-electron chi connectivity index (χ0n) is 8.53. The second-order valence-electron chi connectivity index (χ2n) is 3.57. The Kier molecular flexibility index (Phi) is 3.90. The Bertz CT molecular complexity index is 228. The van der Waals surface area contributed by atoms with Crippen LogP contribution in [0, 0.1) is 0 Å². The van der Waals surface area contributed by atoms with Crippen LogP contribution in [0.25, 0.3) is 0 Å². The summed E-state index contributed by atoms with van der Waals surface area (Å²) in [4.78, 5) is 6.07. The molecule has 0 amide bonds. The Morgan fingerprint density at radius 2 is 2.38 bits per heavy atom. The van der Waals surface area contributed by atoms with E-state index in [1.807, 2.05) is 6.08 Å². The van der Waals surface area contributed by atoms with Crippen molar-refractivity contribution in [3.63, 3.8) is 0 Å². The molecular formula is C11H18N2. The normalized spacial score (nSPS) is 25.7. The number of rotatable bonds is 3. The highest BCUT2D eigenvalue weighted by atomic mass is 15.1. The molecule has 2 nitrogen and oxygen atoms in total. The van der Waals surface area contributed by atoms with Crippen molar-refractivity contribution in [2.45, 2.75) is 25.8 Å². The average Bonchev–Trinajstić information content (AvgIpc) is 2.52. The molecule has 72 valence electrons. The van der Waals surface area contributed by atoms with Crippen molar-refractivity contribution in [1.82, 2.24) is 4.90 Å². The first-order chi connectivity index (χ1) is 6.25. The van der Waals surface area contributed by atoms with Crippen LogP contribution in [0.2, 0.25) is 0 Å². The van der Waals surface area contributed by atoms with Crippen LogP contribution < -0.4 is 0 Å². The van der Waals surface area contributed by atoms with Crippen molar-refractivity contribution < 1.29 is 0 Å². The predicted molar refractivity (Wildman–Crippen MR) is 58.1 cm³/mol. The Morgan fingerprint density at radius 1 is 1.62 bits per heavy atom. The second kappa shape index (κ2) is 4.97. The van der Waals surface area contributed by atoms with Gasteiger partial charge in [-0.2, -0.15) is 0 Å². The minimum Gasteiger partial charge on any atom is -0.300 e. The zero-order chi connectivity index (χ0) is 9.68. The zero-order valence-corrected chi connectivity index (χ0v) is 8.53. The number of allylic oxidation sites excluding steroid dienone is 2. The molecule has 0 unspecified atom stereocenters. The third-order valence-electron chi connectivity index (χ3n) is 2.60. The van der Waals surface area contributed by atoms with Gasteiger partial charge in [-0.3, -0.25) is 9.89 Å². The van der Waals surface area contributed by atoms with Crippen LogP contribution in [0.5, 0.6) is 0 Å². The summed E-state index contributed by atoms with van der Waals surface area (Å²) < 4.78 is 0. The van der Waals surface area contributed by atoms with Crippen LogP contribution in [0.3, 0.4) is 0 Å². The van der Waals surface area contributed by atoms with E-state index < -0.39 is 0 Å². The lowest BCUT2D eigenvalue weighted by atomic mass is 10.1. The number of aliphatic imine (C=N–C) groups is 1. The van der Waals surface area contributed by atoms with E-state index in [-0.39, 0.29) is 0 Å². The summed E-state index contributed by atoms with van der Waals surface area (Å²) in [7, 11) is 2.18. The van der Waals surface area contributed by atoms with Crippen molar-refractivity contribution in [1.29, 1.82) is 0 Å². The molecule has 0 radical (unpaired) electrons. The standard InChI is InChI=1S/C11H18N2/c1-10(6-4-8-12-2)11-7-5-9-13(11)3/h4,6,8,11H,2,5,7,9H2,1,3H3/b8-4-,10-6+/t11-/m0/s1. The van der Waals surface area contributed by atoms with Gasteiger partial charge >= 0.3 is 0 Å². The van der Waals surface area contributed by atoms with Gasteiger partial charge in [0.2, 0.25) is 0 Å². The lowest BCUT2D eigenvalue weighted by Crippen LogP contribution is -2.25. The van der Waals surface area contributed by atoms with Crippen LogP contribution >= 0.6 is 0 Å². The molecule has 0 aromatic rings. The van der Waals surface area contributed by atoms with Crippen LogP contribution in [-0.2, 0) is 0 Å².